The number of hydrogen-bond donors (Lipinski definition) is 3. The van der Waals surface area contributed by atoms with Crippen molar-refractivity contribution in [3.05, 3.63) is 109 Å². The molecular formula is C74H134N2O6P+. The van der Waals surface area contributed by atoms with Crippen molar-refractivity contribution < 1.29 is 32.9 Å². The first-order valence-corrected chi connectivity index (χ1v) is 36.3. The van der Waals surface area contributed by atoms with Gasteiger partial charge in [0, 0.05) is 6.42 Å². The van der Waals surface area contributed by atoms with Gasteiger partial charge in [0.1, 0.15) is 13.2 Å². The van der Waals surface area contributed by atoms with E-state index in [4.69, 9.17) is 9.05 Å². The van der Waals surface area contributed by atoms with Crippen LogP contribution in [0.2, 0.25) is 0 Å². The fraction of sp³-hybridized carbons (Fsp3) is 0.743. The van der Waals surface area contributed by atoms with E-state index >= 15 is 0 Å². The van der Waals surface area contributed by atoms with Crippen LogP contribution in [0.25, 0.3) is 0 Å². The van der Waals surface area contributed by atoms with Crippen molar-refractivity contribution in [1.29, 1.82) is 0 Å². The van der Waals surface area contributed by atoms with Gasteiger partial charge in [-0.3, -0.25) is 13.8 Å². The van der Waals surface area contributed by atoms with Gasteiger partial charge >= 0.3 is 7.82 Å². The lowest BCUT2D eigenvalue weighted by atomic mass is 10.0. The third-order valence-electron chi connectivity index (χ3n) is 15.2. The summed E-state index contributed by atoms with van der Waals surface area (Å²) in [4.78, 5) is 23.4. The molecule has 0 radical (unpaired) electrons. The Bertz CT molecular complexity index is 1720. The summed E-state index contributed by atoms with van der Waals surface area (Å²) in [6.45, 7) is 4.69. The Hall–Kier alpha value is -2.84. The van der Waals surface area contributed by atoms with Gasteiger partial charge in [-0.05, 0) is 96.3 Å². The lowest BCUT2D eigenvalue weighted by molar-refractivity contribution is -0.870. The van der Waals surface area contributed by atoms with E-state index in [2.05, 4.69) is 116 Å². The number of nitrogens with zero attached hydrogens (tertiary/aromatic N) is 1. The lowest BCUT2D eigenvalue weighted by Crippen LogP contribution is -2.45. The molecule has 3 unspecified atom stereocenters. The minimum absolute atomic E-state index is 0.0512. The molecule has 0 aliphatic heterocycles. The average Bonchev–Trinajstić information content (AvgIpc) is 3.50. The summed E-state index contributed by atoms with van der Waals surface area (Å²) in [5, 5.41) is 14.0. The van der Waals surface area contributed by atoms with Gasteiger partial charge in [-0.1, -0.05) is 309 Å². The smallest absolute Gasteiger partial charge is 0.387 e. The number of aliphatic hydroxyl groups excluding tert-OH is 1. The Balaban J connectivity index is 4.05. The first kappa shape index (κ1) is 80.2. The molecule has 0 aliphatic carbocycles. The van der Waals surface area contributed by atoms with E-state index in [1.165, 1.54) is 199 Å². The van der Waals surface area contributed by atoms with Gasteiger partial charge in [-0.15, -0.1) is 0 Å². The number of phosphoric acid groups is 1. The van der Waals surface area contributed by atoms with E-state index in [9.17, 15) is 19.4 Å². The van der Waals surface area contributed by atoms with Crippen LogP contribution in [0.4, 0.5) is 0 Å². The summed E-state index contributed by atoms with van der Waals surface area (Å²) in [6.07, 6.45) is 93.8. The normalized spacial score (nSPS) is 14.3. The minimum atomic E-state index is -4.37. The Labute approximate surface area is 514 Å². The number of allylic oxidation sites excluding steroid dienone is 17. The zero-order chi connectivity index (χ0) is 60.5. The molecule has 0 aromatic carbocycles. The molecule has 480 valence electrons. The van der Waals surface area contributed by atoms with Crippen LogP contribution in [0.1, 0.15) is 303 Å². The van der Waals surface area contributed by atoms with Crippen LogP contribution in [0.3, 0.4) is 0 Å². The Morgan fingerprint density at radius 3 is 1.11 bits per heavy atom. The van der Waals surface area contributed by atoms with Crippen molar-refractivity contribution in [2.45, 2.75) is 315 Å². The number of amides is 1. The third kappa shape index (κ3) is 66.5. The first-order valence-electron chi connectivity index (χ1n) is 34.8. The van der Waals surface area contributed by atoms with E-state index in [-0.39, 0.29) is 19.1 Å². The van der Waals surface area contributed by atoms with Crippen molar-refractivity contribution in [2.24, 2.45) is 0 Å². The largest absolute Gasteiger partial charge is 0.472 e. The van der Waals surface area contributed by atoms with Crippen LogP contribution >= 0.6 is 7.82 Å². The maximum Gasteiger partial charge on any atom is 0.472 e. The summed E-state index contributed by atoms with van der Waals surface area (Å²) in [6, 6.07) is -0.875. The SMILES string of the molecule is CC/C=C\C/C=C\C/C=C\C/C=C\C/C=C\C/C=C\CCCCCCCCCCCCCCCCCCCCCCC(=O)NC(COP(=O)(O)OCC[N+](C)(C)C)C(O)/C=C/CC/C=C/CC/C=C/CCCCCCCCCCCCCC. The quantitative estimate of drug-likeness (QED) is 0.0243. The summed E-state index contributed by atoms with van der Waals surface area (Å²) < 4.78 is 23.8. The van der Waals surface area contributed by atoms with Crippen LogP contribution in [-0.4, -0.2) is 73.4 Å². The molecule has 83 heavy (non-hydrogen) atoms. The number of quaternary nitrogens is 1. The molecule has 3 atom stereocenters. The number of unbranched alkanes of at least 4 members (excludes halogenated alkanes) is 34. The molecule has 0 fully saturated rings. The van der Waals surface area contributed by atoms with E-state index in [1.807, 2.05) is 27.2 Å². The summed E-state index contributed by atoms with van der Waals surface area (Å²) in [7, 11) is 1.55. The van der Waals surface area contributed by atoms with E-state index in [1.54, 1.807) is 6.08 Å². The summed E-state index contributed by atoms with van der Waals surface area (Å²) in [5.74, 6) is -0.189. The molecule has 3 N–H and O–H groups in total. The number of carbonyl (C=O) groups excluding carboxylic acids is 1. The standard InChI is InChI=1S/C74H133N2O6P/c1-6-8-10-12-14-16-18-20-22-24-26-28-30-31-32-33-34-35-36-37-38-39-40-41-42-43-44-45-46-48-50-52-54-56-58-60-62-64-66-68-74(78)75-72(71-82-83(79,80)81-70-69-76(3,4)5)73(77)67-65-63-61-59-57-55-53-51-49-47-29-27-25-23-21-19-17-15-13-11-9-7-2/h8,10,14,16,20,22,26,28,31-32,34-35,49,51,57,59,65,67,72-73,77H,6-7,9,11-13,15,17-19,21,23-25,27,29-30,33,36-48,50,52-56,58,60-64,66,68-71H2,1-5H3,(H-,75,78,79,80)/p+1/b10-8-,16-14-,22-20-,28-26-,32-31-,35-34-,51-49+,59-57+,67-65+. The fourth-order valence-electron chi connectivity index (χ4n) is 9.84. The molecule has 1 amide bonds. The predicted octanol–water partition coefficient (Wildman–Crippen LogP) is 22.3. The van der Waals surface area contributed by atoms with E-state index in [0.717, 1.165) is 83.5 Å². The summed E-state index contributed by atoms with van der Waals surface area (Å²) in [5.41, 5.74) is 0. The van der Waals surface area contributed by atoms with Gasteiger partial charge in [-0.2, -0.15) is 0 Å². The maximum absolute atomic E-state index is 13.0. The van der Waals surface area contributed by atoms with Crippen LogP contribution in [0, 0.1) is 0 Å². The van der Waals surface area contributed by atoms with E-state index < -0.39 is 20.0 Å². The second-order valence-electron chi connectivity index (χ2n) is 24.5. The van der Waals surface area contributed by atoms with Crippen LogP contribution < -0.4 is 5.32 Å². The second kappa shape index (κ2) is 63.7. The number of aliphatic hydroxyl groups is 1. The lowest BCUT2D eigenvalue weighted by Gasteiger charge is -2.25. The molecule has 0 spiro atoms. The molecule has 0 heterocycles. The molecule has 0 saturated heterocycles. The van der Waals surface area contributed by atoms with Gasteiger partial charge in [0.25, 0.3) is 0 Å². The fourth-order valence-corrected chi connectivity index (χ4v) is 10.6. The maximum atomic E-state index is 13.0. The van der Waals surface area contributed by atoms with Gasteiger partial charge < -0.3 is 19.8 Å². The molecule has 0 rings (SSSR count). The number of rotatable bonds is 63. The highest BCUT2D eigenvalue weighted by atomic mass is 31.2. The second-order valence-corrected chi connectivity index (χ2v) is 26.0. The van der Waals surface area contributed by atoms with Gasteiger partial charge in [0.05, 0.1) is 39.9 Å². The molecule has 0 saturated carbocycles. The van der Waals surface area contributed by atoms with Crippen LogP contribution in [-0.2, 0) is 18.4 Å². The van der Waals surface area contributed by atoms with Crippen molar-refractivity contribution >= 4 is 13.7 Å². The molecule has 9 heteroatoms. The van der Waals surface area contributed by atoms with E-state index in [0.29, 0.717) is 17.4 Å². The Kier molecular flexibility index (Phi) is 61.5. The third-order valence-corrected chi connectivity index (χ3v) is 16.2. The number of carbonyl (C=O) groups is 1. The van der Waals surface area contributed by atoms with Gasteiger partial charge in [0.15, 0.2) is 0 Å². The Morgan fingerprint density at radius 2 is 0.735 bits per heavy atom. The molecule has 0 bridgehead atoms. The van der Waals surface area contributed by atoms with Crippen molar-refractivity contribution in [3.63, 3.8) is 0 Å². The van der Waals surface area contributed by atoms with Crippen LogP contribution in [0.5, 0.6) is 0 Å². The number of hydrogen-bond acceptors (Lipinski definition) is 5. The zero-order valence-electron chi connectivity index (χ0n) is 54.9. The topological polar surface area (TPSA) is 105 Å². The molecule has 0 aromatic rings. The highest BCUT2D eigenvalue weighted by Crippen LogP contribution is 2.43. The molecule has 8 nitrogen and oxygen atoms in total. The van der Waals surface area contributed by atoms with Crippen LogP contribution in [0.15, 0.2) is 109 Å². The average molecular weight is 1180 g/mol. The minimum Gasteiger partial charge on any atom is -0.387 e. The van der Waals surface area contributed by atoms with Crippen molar-refractivity contribution in [3.8, 4) is 0 Å². The monoisotopic (exact) mass is 1180 g/mol. The highest BCUT2D eigenvalue weighted by Gasteiger charge is 2.28. The van der Waals surface area contributed by atoms with Crippen molar-refractivity contribution in [2.75, 3.05) is 40.9 Å². The highest BCUT2D eigenvalue weighted by molar-refractivity contribution is 7.47. The van der Waals surface area contributed by atoms with Crippen molar-refractivity contribution in [1.82, 2.24) is 5.32 Å². The van der Waals surface area contributed by atoms with Gasteiger partial charge in [0.2, 0.25) is 5.91 Å². The number of nitrogens with one attached hydrogen (secondary N) is 1. The molecule has 0 aliphatic rings. The number of likely N-dealkylation sites (N-methyl/N-ethyl adjacent to an activating group) is 1. The summed E-state index contributed by atoms with van der Waals surface area (Å²) >= 11 is 0. The predicted molar refractivity (Wildman–Crippen MR) is 364 cm³/mol. The molecular weight excluding hydrogens is 1040 g/mol. The van der Waals surface area contributed by atoms with Gasteiger partial charge in [-0.25, -0.2) is 4.57 Å². The first-order chi connectivity index (χ1) is 40.5. The Morgan fingerprint density at radius 1 is 0.422 bits per heavy atom. The zero-order valence-corrected chi connectivity index (χ0v) is 55.8. The number of phosphoric ester groups is 1. The molecule has 0 aromatic heterocycles.